The molecule has 4 aromatic heterocycles. The maximum atomic E-state index is 12.9. The van der Waals surface area contributed by atoms with Crippen LogP contribution in [0.15, 0.2) is 42.7 Å². The highest BCUT2D eigenvalue weighted by molar-refractivity contribution is 5.97. The van der Waals surface area contributed by atoms with Gasteiger partial charge in [0.05, 0.1) is 0 Å². The van der Waals surface area contributed by atoms with Gasteiger partial charge < -0.3 is 26.4 Å². The fourth-order valence-electron chi connectivity index (χ4n) is 5.65. The van der Waals surface area contributed by atoms with Crippen LogP contribution in [0.2, 0.25) is 0 Å². The maximum Gasteiger partial charge on any atom is 0.433 e. The largest absolute Gasteiger partial charge is 0.433 e. The van der Waals surface area contributed by atoms with Gasteiger partial charge in [0, 0.05) is 73.7 Å². The minimum absolute atomic E-state index is 0.00140. The molecule has 5 N–H and O–H groups in total. The third-order valence-corrected chi connectivity index (χ3v) is 8.08. The van der Waals surface area contributed by atoms with E-state index in [0.717, 1.165) is 44.5 Å². The van der Waals surface area contributed by atoms with Crippen molar-refractivity contribution in [3.8, 4) is 0 Å². The minimum atomic E-state index is -4.56. The van der Waals surface area contributed by atoms with Crippen LogP contribution in [-0.2, 0) is 21.9 Å². The van der Waals surface area contributed by atoms with Crippen molar-refractivity contribution >= 4 is 52.3 Å². The number of carbonyl (C=O) groups excluding carboxylic acids is 2. The third kappa shape index (κ3) is 13.7. The van der Waals surface area contributed by atoms with Crippen LogP contribution in [0.3, 0.4) is 0 Å². The van der Waals surface area contributed by atoms with Crippen LogP contribution in [0, 0.1) is 0 Å². The molecule has 2 aliphatic carbocycles. The Hall–Kier alpha value is -5.86. The molecule has 312 valence electrons. The van der Waals surface area contributed by atoms with E-state index in [1.165, 1.54) is 18.2 Å². The number of aromatic nitrogens is 8. The van der Waals surface area contributed by atoms with E-state index in [9.17, 15) is 35.9 Å². The SMILES string of the molecule is CC(C)Nc1nc(Nc2ccnc(C(F)(F)F)c2)nc(C2=CC(=O)CCC2)n1.CC(C)Nc1nc(Nc2ccnc(C(F)(F)F)c2)nc(C2CCCC(=O)C2)n1.CO. The first-order valence-electron chi connectivity index (χ1n) is 18.3. The summed E-state index contributed by atoms with van der Waals surface area (Å²) < 4.78 is 77.3. The number of rotatable bonds is 10. The molecule has 15 nitrogen and oxygen atoms in total. The molecule has 0 aliphatic heterocycles. The Kier molecular flexibility index (Phi) is 15.5. The smallest absolute Gasteiger partial charge is 0.400 e. The number of hydrogen-bond acceptors (Lipinski definition) is 15. The van der Waals surface area contributed by atoms with Gasteiger partial charge in [-0.3, -0.25) is 19.6 Å². The Morgan fingerprint density at radius 3 is 1.67 bits per heavy atom. The fourth-order valence-corrected chi connectivity index (χ4v) is 5.65. The van der Waals surface area contributed by atoms with Crippen LogP contribution < -0.4 is 21.3 Å². The van der Waals surface area contributed by atoms with Crippen LogP contribution in [-0.4, -0.2) is 75.7 Å². The van der Waals surface area contributed by atoms with Gasteiger partial charge in [0.1, 0.15) is 23.0 Å². The molecule has 0 amide bonds. The van der Waals surface area contributed by atoms with Crippen LogP contribution in [0.5, 0.6) is 0 Å². The van der Waals surface area contributed by atoms with Gasteiger partial charge in [-0.15, -0.1) is 0 Å². The molecular formula is C37H44F6N12O3. The number of nitrogens with one attached hydrogen (secondary N) is 4. The van der Waals surface area contributed by atoms with Crippen molar-refractivity contribution in [2.45, 2.75) is 103 Å². The van der Waals surface area contributed by atoms with Gasteiger partial charge in [-0.2, -0.15) is 56.2 Å². The zero-order valence-electron chi connectivity index (χ0n) is 32.3. The summed E-state index contributed by atoms with van der Waals surface area (Å²) in [6, 6.07) is 4.64. The maximum absolute atomic E-state index is 12.9. The summed E-state index contributed by atoms with van der Waals surface area (Å²) in [6.07, 6.45) is -1.18. The average Bonchev–Trinajstić information content (AvgIpc) is 3.15. The predicted octanol–water partition coefficient (Wildman–Crippen LogP) is 7.67. The lowest BCUT2D eigenvalue weighted by Crippen LogP contribution is -2.19. The molecule has 2 aliphatic rings. The number of pyridine rings is 2. The number of aliphatic hydroxyl groups is 1. The first kappa shape index (κ1) is 44.8. The summed E-state index contributed by atoms with van der Waals surface area (Å²) >= 11 is 0. The average molecular weight is 819 g/mol. The van der Waals surface area contributed by atoms with E-state index >= 15 is 0 Å². The Labute approximate surface area is 330 Å². The van der Waals surface area contributed by atoms with Crippen LogP contribution in [0.25, 0.3) is 5.57 Å². The molecule has 0 radical (unpaired) electrons. The van der Waals surface area contributed by atoms with Crippen LogP contribution in [0.4, 0.5) is 61.5 Å². The minimum Gasteiger partial charge on any atom is -0.400 e. The molecule has 1 saturated carbocycles. The second-order valence-corrected chi connectivity index (χ2v) is 13.7. The lowest BCUT2D eigenvalue weighted by Gasteiger charge is -2.21. The van der Waals surface area contributed by atoms with Crippen LogP contribution in [0.1, 0.15) is 102 Å². The highest BCUT2D eigenvalue weighted by Gasteiger charge is 2.33. The second kappa shape index (κ2) is 20.0. The van der Waals surface area contributed by atoms with E-state index < -0.39 is 23.7 Å². The highest BCUT2D eigenvalue weighted by atomic mass is 19.4. The molecule has 0 spiro atoms. The lowest BCUT2D eigenvalue weighted by molar-refractivity contribution is -0.141. The van der Waals surface area contributed by atoms with E-state index in [-0.39, 0.29) is 58.8 Å². The molecule has 1 atom stereocenters. The Bertz CT molecular complexity index is 2060. The van der Waals surface area contributed by atoms with Gasteiger partial charge in [0.25, 0.3) is 0 Å². The van der Waals surface area contributed by atoms with Crippen molar-refractivity contribution in [1.29, 1.82) is 0 Å². The number of anilines is 6. The number of ketones is 2. The quantitative estimate of drug-likeness (QED) is 0.0974. The van der Waals surface area contributed by atoms with Gasteiger partial charge in [0.15, 0.2) is 11.6 Å². The summed E-state index contributed by atoms with van der Waals surface area (Å²) in [5.41, 5.74) is -1.05. The second-order valence-electron chi connectivity index (χ2n) is 13.7. The number of Topliss-reactive ketones (excluding diaryl/α,β-unsaturated/α-hetero) is 1. The number of hydrogen-bond donors (Lipinski definition) is 5. The number of alkyl halides is 6. The molecule has 58 heavy (non-hydrogen) atoms. The van der Waals surface area contributed by atoms with E-state index in [1.807, 2.05) is 27.7 Å². The van der Waals surface area contributed by atoms with Crippen molar-refractivity contribution in [2.75, 3.05) is 28.4 Å². The number of halogens is 6. The summed E-state index contributed by atoms with van der Waals surface area (Å²) in [7, 11) is 1.00. The molecular weight excluding hydrogens is 774 g/mol. The van der Waals surface area contributed by atoms with E-state index in [2.05, 4.69) is 61.1 Å². The topological polar surface area (TPSA) is 206 Å². The van der Waals surface area contributed by atoms with E-state index in [4.69, 9.17) is 5.11 Å². The number of aliphatic hydroxyl groups excluding tert-OH is 1. The summed E-state index contributed by atoms with van der Waals surface area (Å²) in [5.74, 6) is 1.58. The van der Waals surface area contributed by atoms with Gasteiger partial charge in [-0.05, 0) is 83.7 Å². The molecule has 4 heterocycles. The number of nitrogens with zero attached hydrogens (tertiary/aromatic N) is 8. The monoisotopic (exact) mass is 818 g/mol. The molecule has 1 fully saturated rings. The first-order valence-corrected chi connectivity index (χ1v) is 18.3. The lowest BCUT2D eigenvalue weighted by atomic mass is 9.88. The van der Waals surface area contributed by atoms with Crippen molar-refractivity contribution in [2.24, 2.45) is 0 Å². The molecule has 4 aromatic rings. The van der Waals surface area contributed by atoms with Crippen molar-refractivity contribution < 1.29 is 41.0 Å². The highest BCUT2D eigenvalue weighted by Crippen LogP contribution is 2.33. The predicted molar refractivity (Wildman–Crippen MR) is 203 cm³/mol. The molecule has 21 heteroatoms. The van der Waals surface area contributed by atoms with Gasteiger partial charge in [-0.1, -0.05) is 0 Å². The van der Waals surface area contributed by atoms with E-state index in [0.29, 0.717) is 55.3 Å². The summed E-state index contributed by atoms with van der Waals surface area (Å²) in [6.45, 7) is 7.63. The first-order chi connectivity index (χ1) is 27.4. The molecule has 0 saturated heterocycles. The van der Waals surface area contributed by atoms with Crippen molar-refractivity contribution in [3.05, 3.63) is 65.8 Å². The van der Waals surface area contributed by atoms with Gasteiger partial charge in [0.2, 0.25) is 23.8 Å². The zero-order valence-corrected chi connectivity index (χ0v) is 32.3. The summed E-state index contributed by atoms with van der Waals surface area (Å²) in [4.78, 5) is 56.1. The van der Waals surface area contributed by atoms with Crippen LogP contribution >= 0.6 is 0 Å². The molecule has 0 aromatic carbocycles. The van der Waals surface area contributed by atoms with E-state index in [1.54, 1.807) is 0 Å². The summed E-state index contributed by atoms with van der Waals surface area (Å²) in [5, 5.41) is 18.7. The normalized spacial score (nSPS) is 15.8. The Morgan fingerprint density at radius 1 is 0.672 bits per heavy atom. The Balaban J connectivity index is 0.000000246. The van der Waals surface area contributed by atoms with Crippen molar-refractivity contribution in [1.82, 2.24) is 39.9 Å². The zero-order chi connectivity index (χ0) is 42.6. The number of allylic oxidation sites excluding steroid dienone is 2. The Morgan fingerprint density at radius 2 is 1.17 bits per heavy atom. The van der Waals surface area contributed by atoms with Gasteiger partial charge >= 0.3 is 12.4 Å². The fraction of sp³-hybridized carbons (Fsp3) is 0.459. The molecule has 1 unspecified atom stereocenters. The van der Waals surface area contributed by atoms with Gasteiger partial charge in [-0.25, -0.2) is 0 Å². The number of carbonyl (C=O) groups is 2. The van der Waals surface area contributed by atoms with Crippen molar-refractivity contribution in [3.63, 3.8) is 0 Å². The molecule has 0 bridgehead atoms. The molecule has 6 rings (SSSR count). The third-order valence-electron chi connectivity index (χ3n) is 8.08. The standard InChI is InChI=1S/C18H21F3N6O.C18H19F3N6O.CH4O/c2*1-10(2)23-16-25-15(11-4-3-5-13(28)8-11)26-17(27-16)24-12-6-7-22-14(9-12)18(19,20)21;1-2/h6-7,9-11H,3-5,8H2,1-2H3,(H2,22,23,24,25,26,27);6-10H,3-5H2,1-2H3,(H2,22,23,24,25,26,27);2H,1H3.